The second-order valence-electron chi connectivity index (χ2n) is 6.28. The van der Waals surface area contributed by atoms with Crippen molar-refractivity contribution in [2.45, 2.75) is 51.7 Å². The van der Waals surface area contributed by atoms with E-state index < -0.39 is 48.0 Å². The summed E-state index contributed by atoms with van der Waals surface area (Å²) in [5.41, 5.74) is -0.954. The van der Waals surface area contributed by atoms with E-state index in [0.29, 0.717) is 12.3 Å². The van der Waals surface area contributed by atoms with E-state index in [-0.39, 0.29) is 6.61 Å². The summed E-state index contributed by atoms with van der Waals surface area (Å²) < 4.78 is 25.0. The maximum Gasteiger partial charge on any atom is 0.412 e. The fourth-order valence-corrected chi connectivity index (χ4v) is 2.29. The first-order valence-electron chi connectivity index (χ1n) is 7.94. The molecule has 140 valence electrons. The highest BCUT2D eigenvalue weighted by molar-refractivity contribution is 5.83. The number of nitrogens with zero attached hydrogens (tertiary/aromatic N) is 2. The molecule has 25 heavy (non-hydrogen) atoms. The number of anilines is 1. The van der Waals surface area contributed by atoms with Gasteiger partial charge in [-0.2, -0.15) is 4.98 Å². The SMILES string of the molecule is CC(C)CCOC(=O)Nc1nc(=O)n([C@@H]2O[C@H](C)[C@@H](O)[C@@H]2O)cc1F. The summed E-state index contributed by atoms with van der Waals surface area (Å²) >= 11 is 0. The average Bonchev–Trinajstić information content (AvgIpc) is 2.77. The predicted octanol–water partition coefficient (Wildman–Crippen LogP) is 0.616. The van der Waals surface area contributed by atoms with Crippen LogP contribution in [-0.4, -0.2) is 50.8 Å². The van der Waals surface area contributed by atoms with Crippen LogP contribution in [0, 0.1) is 11.7 Å². The second-order valence-corrected chi connectivity index (χ2v) is 6.28. The molecule has 1 aromatic rings. The largest absolute Gasteiger partial charge is 0.449 e. The highest BCUT2D eigenvalue weighted by Crippen LogP contribution is 2.28. The minimum absolute atomic E-state index is 0.153. The third kappa shape index (κ3) is 4.53. The van der Waals surface area contributed by atoms with Crippen molar-refractivity contribution in [2.24, 2.45) is 5.92 Å². The van der Waals surface area contributed by atoms with Crippen molar-refractivity contribution >= 4 is 11.9 Å². The Hall–Kier alpha value is -2.04. The Morgan fingerprint density at radius 1 is 1.48 bits per heavy atom. The molecule has 0 aromatic carbocycles. The Morgan fingerprint density at radius 2 is 2.16 bits per heavy atom. The van der Waals surface area contributed by atoms with Gasteiger partial charge in [-0.05, 0) is 19.3 Å². The van der Waals surface area contributed by atoms with Crippen molar-refractivity contribution in [1.29, 1.82) is 0 Å². The van der Waals surface area contributed by atoms with Crippen LogP contribution < -0.4 is 11.0 Å². The molecule has 1 fully saturated rings. The Labute approximate surface area is 143 Å². The van der Waals surface area contributed by atoms with E-state index in [4.69, 9.17) is 9.47 Å². The number of amides is 1. The third-order valence-corrected chi connectivity index (χ3v) is 3.81. The van der Waals surface area contributed by atoms with E-state index >= 15 is 0 Å². The van der Waals surface area contributed by atoms with E-state index in [1.165, 1.54) is 6.92 Å². The van der Waals surface area contributed by atoms with E-state index in [9.17, 15) is 24.2 Å². The van der Waals surface area contributed by atoms with Crippen LogP contribution in [0.3, 0.4) is 0 Å². The second kappa shape index (κ2) is 7.89. The first-order valence-corrected chi connectivity index (χ1v) is 7.94. The standard InChI is InChI=1S/C15H22FN3O6/c1-7(2)4-5-24-15(23)18-12-9(16)6-19(14(22)17-12)13-11(21)10(20)8(3)25-13/h6-8,10-11,13,20-21H,4-5H2,1-3H3,(H,17,18,22,23)/t8-,10-,11+,13-/m1/s1. The van der Waals surface area contributed by atoms with Crippen molar-refractivity contribution < 1.29 is 28.9 Å². The topological polar surface area (TPSA) is 123 Å². The Kier molecular flexibility index (Phi) is 6.09. The molecule has 1 aromatic heterocycles. The number of carbonyl (C=O) groups is 1. The molecule has 0 bridgehead atoms. The summed E-state index contributed by atoms with van der Waals surface area (Å²) in [6.07, 6.45) is -4.16. The maximum absolute atomic E-state index is 14.1. The number of carbonyl (C=O) groups excluding carboxylic acids is 1. The third-order valence-electron chi connectivity index (χ3n) is 3.81. The fraction of sp³-hybridized carbons (Fsp3) is 0.667. The summed E-state index contributed by atoms with van der Waals surface area (Å²) in [4.78, 5) is 27.1. The smallest absolute Gasteiger partial charge is 0.412 e. The van der Waals surface area contributed by atoms with Crippen molar-refractivity contribution in [3.63, 3.8) is 0 Å². The Balaban J connectivity index is 2.10. The van der Waals surface area contributed by atoms with Crippen molar-refractivity contribution in [3.8, 4) is 0 Å². The van der Waals surface area contributed by atoms with Crippen LogP contribution in [0.2, 0.25) is 0 Å². The van der Waals surface area contributed by atoms with E-state index in [0.717, 1.165) is 10.8 Å². The lowest BCUT2D eigenvalue weighted by atomic mass is 10.1. The zero-order valence-corrected chi connectivity index (χ0v) is 14.2. The van der Waals surface area contributed by atoms with Gasteiger partial charge in [-0.15, -0.1) is 0 Å². The predicted molar refractivity (Wildman–Crippen MR) is 84.5 cm³/mol. The number of ether oxygens (including phenoxy) is 2. The summed E-state index contributed by atoms with van der Waals surface area (Å²) in [6, 6.07) is 0. The van der Waals surface area contributed by atoms with Gasteiger partial charge in [0.2, 0.25) is 0 Å². The summed E-state index contributed by atoms with van der Waals surface area (Å²) in [5, 5.41) is 21.6. The molecule has 0 saturated carbocycles. The van der Waals surface area contributed by atoms with Gasteiger partial charge in [0.05, 0.1) is 18.9 Å². The number of hydrogen-bond acceptors (Lipinski definition) is 7. The molecule has 10 heteroatoms. The molecule has 0 spiro atoms. The molecule has 1 aliphatic heterocycles. The monoisotopic (exact) mass is 359 g/mol. The van der Waals surface area contributed by atoms with Crippen LogP contribution in [0.4, 0.5) is 15.0 Å². The summed E-state index contributed by atoms with van der Waals surface area (Å²) in [5.74, 6) is -1.26. The van der Waals surface area contributed by atoms with Crippen LogP contribution >= 0.6 is 0 Å². The fourth-order valence-electron chi connectivity index (χ4n) is 2.29. The highest BCUT2D eigenvalue weighted by Gasteiger charge is 2.42. The molecule has 1 saturated heterocycles. The normalized spacial score (nSPS) is 26.0. The zero-order chi connectivity index (χ0) is 18.7. The van der Waals surface area contributed by atoms with Gasteiger partial charge in [0, 0.05) is 0 Å². The number of hydrogen-bond donors (Lipinski definition) is 3. The van der Waals surface area contributed by atoms with Gasteiger partial charge in [0.1, 0.15) is 12.2 Å². The molecule has 0 radical (unpaired) electrons. The molecule has 4 atom stereocenters. The van der Waals surface area contributed by atoms with Gasteiger partial charge in [-0.3, -0.25) is 9.88 Å². The number of nitrogens with one attached hydrogen (secondary N) is 1. The minimum Gasteiger partial charge on any atom is -0.449 e. The number of halogens is 1. The van der Waals surface area contributed by atoms with E-state index in [1.807, 2.05) is 13.8 Å². The maximum atomic E-state index is 14.1. The molecule has 9 nitrogen and oxygen atoms in total. The lowest BCUT2D eigenvalue weighted by Gasteiger charge is -2.17. The summed E-state index contributed by atoms with van der Waals surface area (Å²) in [7, 11) is 0. The molecule has 2 rings (SSSR count). The summed E-state index contributed by atoms with van der Waals surface area (Å²) in [6.45, 7) is 5.57. The van der Waals surface area contributed by atoms with Crippen LogP contribution in [0.1, 0.15) is 33.4 Å². The van der Waals surface area contributed by atoms with Crippen molar-refractivity contribution in [1.82, 2.24) is 9.55 Å². The van der Waals surface area contributed by atoms with Crippen LogP contribution in [0.5, 0.6) is 0 Å². The molecule has 0 unspecified atom stereocenters. The molecular weight excluding hydrogens is 337 g/mol. The first kappa shape index (κ1) is 19.3. The molecule has 1 amide bonds. The molecular formula is C15H22FN3O6. The average molecular weight is 359 g/mol. The van der Waals surface area contributed by atoms with Crippen molar-refractivity contribution in [2.75, 3.05) is 11.9 Å². The molecule has 3 N–H and O–H groups in total. The highest BCUT2D eigenvalue weighted by atomic mass is 19.1. The van der Waals surface area contributed by atoms with Gasteiger partial charge in [-0.1, -0.05) is 13.8 Å². The van der Waals surface area contributed by atoms with Gasteiger partial charge >= 0.3 is 11.8 Å². The Bertz CT molecular complexity index is 680. The minimum atomic E-state index is -1.41. The van der Waals surface area contributed by atoms with Crippen LogP contribution in [0.15, 0.2) is 11.0 Å². The number of aliphatic hydroxyl groups excluding tert-OH is 2. The van der Waals surface area contributed by atoms with Crippen molar-refractivity contribution in [3.05, 3.63) is 22.5 Å². The van der Waals surface area contributed by atoms with E-state index in [2.05, 4.69) is 10.3 Å². The van der Waals surface area contributed by atoms with Gasteiger partial charge in [0.15, 0.2) is 17.9 Å². The van der Waals surface area contributed by atoms with Gasteiger partial charge in [-0.25, -0.2) is 14.0 Å². The van der Waals surface area contributed by atoms with Crippen LogP contribution in [-0.2, 0) is 9.47 Å². The number of aliphatic hydroxyl groups is 2. The lowest BCUT2D eigenvalue weighted by molar-refractivity contribution is -0.0355. The van der Waals surface area contributed by atoms with Gasteiger partial charge in [0.25, 0.3) is 0 Å². The van der Waals surface area contributed by atoms with E-state index in [1.54, 1.807) is 0 Å². The lowest BCUT2D eigenvalue weighted by Crippen LogP contribution is -2.36. The number of rotatable bonds is 5. The number of aromatic nitrogens is 2. The Morgan fingerprint density at radius 3 is 2.72 bits per heavy atom. The quantitative estimate of drug-likeness (QED) is 0.704. The van der Waals surface area contributed by atoms with Gasteiger partial charge < -0.3 is 19.7 Å². The molecule has 1 aliphatic rings. The molecule has 0 aliphatic carbocycles. The molecule has 2 heterocycles. The zero-order valence-electron chi connectivity index (χ0n) is 14.2. The van der Waals surface area contributed by atoms with Crippen LogP contribution in [0.25, 0.3) is 0 Å². The first-order chi connectivity index (χ1) is 11.7.